The summed E-state index contributed by atoms with van der Waals surface area (Å²) in [5, 5.41) is 11.9. The molecule has 0 spiro atoms. The molecule has 1 aliphatic heterocycles. The monoisotopic (exact) mass is 440 g/mol. The standard InChI is InChI=1S/C23H25ClN4O3/c1-22(7-8-22)21(30)26-11-9-23(31,10-12-26)14-27-15-25-19-17(20(27)29)13-18(24)28(19)16-5-3-2-4-6-16/h2-6,13,15,31H,7-12,14H2,1H3. The maximum atomic E-state index is 13.1. The molecule has 1 saturated carbocycles. The number of aromatic nitrogens is 3. The molecule has 5 rings (SSSR count). The summed E-state index contributed by atoms with van der Waals surface area (Å²) in [6.07, 6.45) is 4.23. The van der Waals surface area contributed by atoms with Gasteiger partial charge in [-0.25, -0.2) is 4.98 Å². The van der Waals surface area contributed by atoms with E-state index in [0.29, 0.717) is 42.1 Å². The zero-order valence-corrected chi connectivity index (χ0v) is 18.2. The van der Waals surface area contributed by atoms with Gasteiger partial charge in [-0.05, 0) is 43.9 Å². The maximum absolute atomic E-state index is 13.1. The minimum Gasteiger partial charge on any atom is -0.388 e. The van der Waals surface area contributed by atoms with Crippen LogP contribution in [0.15, 0.2) is 47.5 Å². The number of aliphatic hydroxyl groups is 1. The van der Waals surface area contributed by atoms with E-state index in [1.165, 1.54) is 10.9 Å². The van der Waals surface area contributed by atoms with Crippen LogP contribution in [0.1, 0.15) is 32.6 Å². The Hall–Kier alpha value is -2.64. The molecule has 2 aromatic heterocycles. The molecule has 0 radical (unpaired) electrons. The van der Waals surface area contributed by atoms with Crippen molar-refractivity contribution in [1.82, 2.24) is 19.0 Å². The number of halogens is 1. The van der Waals surface area contributed by atoms with Gasteiger partial charge in [-0.15, -0.1) is 0 Å². The number of piperidine rings is 1. The highest BCUT2D eigenvalue weighted by Gasteiger charge is 2.48. The number of carbonyl (C=O) groups excluding carboxylic acids is 1. The highest BCUT2D eigenvalue weighted by molar-refractivity contribution is 6.31. The Morgan fingerprint density at radius 2 is 1.84 bits per heavy atom. The molecule has 0 bridgehead atoms. The molecule has 31 heavy (non-hydrogen) atoms. The van der Waals surface area contributed by atoms with Gasteiger partial charge in [0.25, 0.3) is 5.56 Å². The van der Waals surface area contributed by atoms with E-state index in [4.69, 9.17) is 11.6 Å². The number of benzene rings is 1. The first-order valence-corrected chi connectivity index (χ1v) is 11.0. The second kappa shape index (κ2) is 7.21. The molecule has 1 N–H and O–H groups in total. The van der Waals surface area contributed by atoms with Gasteiger partial charge >= 0.3 is 0 Å². The molecule has 0 unspecified atom stereocenters. The van der Waals surface area contributed by atoms with Crippen molar-refractivity contribution in [3.05, 3.63) is 58.2 Å². The van der Waals surface area contributed by atoms with Crippen LogP contribution in [-0.4, -0.2) is 48.7 Å². The number of carbonyl (C=O) groups is 1. The number of amides is 1. The maximum Gasteiger partial charge on any atom is 0.262 e. The van der Waals surface area contributed by atoms with Gasteiger partial charge in [0, 0.05) is 24.2 Å². The lowest BCUT2D eigenvalue weighted by Crippen LogP contribution is -2.51. The van der Waals surface area contributed by atoms with Gasteiger partial charge in [0.1, 0.15) is 11.5 Å². The highest BCUT2D eigenvalue weighted by Crippen LogP contribution is 2.47. The van der Waals surface area contributed by atoms with E-state index >= 15 is 0 Å². The fraction of sp³-hybridized carbons (Fsp3) is 0.435. The van der Waals surface area contributed by atoms with Crippen molar-refractivity contribution in [2.75, 3.05) is 13.1 Å². The topological polar surface area (TPSA) is 80.4 Å². The summed E-state index contributed by atoms with van der Waals surface area (Å²) in [7, 11) is 0. The minimum atomic E-state index is -1.05. The predicted octanol–water partition coefficient (Wildman–Crippen LogP) is 2.99. The molecule has 1 aromatic carbocycles. The largest absolute Gasteiger partial charge is 0.388 e. The van der Waals surface area contributed by atoms with Crippen LogP contribution in [0.3, 0.4) is 0 Å². The summed E-state index contributed by atoms with van der Waals surface area (Å²) >= 11 is 6.42. The van der Waals surface area contributed by atoms with Crippen LogP contribution in [0.2, 0.25) is 5.15 Å². The number of hydrogen-bond donors (Lipinski definition) is 1. The summed E-state index contributed by atoms with van der Waals surface area (Å²) in [4.78, 5) is 32.0. The van der Waals surface area contributed by atoms with E-state index in [9.17, 15) is 14.7 Å². The molecule has 0 atom stereocenters. The number of fused-ring (bicyclic) bond motifs is 1. The Balaban J connectivity index is 1.38. The van der Waals surface area contributed by atoms with E-state index in [1.807, 2.05) is 42.2 Å². The van der Waals surface area contributed by atoms with Crippen LogP contribution < -0.4 is 5.56 Å². The third-order valence-corrected chi connectivity index (χ3v) is 7.00. The molecule has 1 saturated heterocycles. The van der Waals surface area contributed by atoms with Crippen LogP contribution in [-0.2, 0) is 11.3 Å². The van der Waals surface area contributed by atoms with Crippen molar-refractivity contribution in [1.29, 1.82) is 0 Å². The fourth-order valence-electron chi connectivity index (χ4n) is 4.41. The van der Waals surface area contributed by atoms with Crippen molar-refractivity contribution in [3.8, 4) is 5.69 Å². The summed E-state index contributed by atoms with van der Waals surface area (Å²) in [6.45, 7) is 3.16. The van der Waals surface area contributed by atoms with Crippen molar-refractivity contribution in [2.45, 2.75) is 44.8 Å². The van der Waals surface area contributed by atoms with E-state index in [1.54, 1.807) is 10.6 Å². The first kappa shape index (κ1) is 20.3. The summed E-state index contributed by atoms with van der Waals surface area (Å²) in [5.41, 5.74) is -0.174. The number of para-hydroxylation sites is 1. The van der Waals surface area contributed by atoms with Gasteiger partial charge in [-0.3, -0.25) is 18.7 Å². The Labute approximate surface area is 184 Å². The van der Waals surface area contributed by atoms with E-state index in [0.717, 1.165) is 18.5 Å². The lowest BCUT2D eigenvalue weighted by Gasteiger charge is -2.39. The summed E-state index contributed by atoms with van der Waals surface area (Å²) in [5.74, 6) is 0.187. The molecule has 2 aliphatic rings. The molecule has 3 aromatic rings. The van der Waals surface area contributed by atoms with Gasteiger partial charge in [-0.2, -0.15) is 0 Å². The summed E-state index contributed by atoms with van der Waals surface area (Å²) in [6, 6.07) is 11.1. The number of hydrogen-bond acceptors (Lipinski definition) is 4. The van der Waals surface area contributed by atoms with Gasteiger partial charge in [0.15, 0.2) is 5.65 Å². The van der Waals surface area contributed by atoms with Crippen molar-refractivity contribution in [3.63, 3.8) is 0 Å². The predicted molar refractivity (Wildman–Crippen MR) is 118 cm³/mol. The first-order chi connectivity index (χ1) is 14.8. The average molecular weight is 441 g/mol. The summed E-state index contributed by atoms with van der Waals surface area (Å²) < 4.78 is 3.19. The molecule has 3 heterocycles. The Morgan fingerprint density at radius 3 is 2.48 bits per heavy atom. The lowest BCUT2D eigenvalue weighted by molar-refractivity contribution is -0.141. The minimum absolute atomic E-state index is 0.141. The van der Waals surface area contributed by atoms with Gasteiger partial charge < -0.3 is 10.0 Å². The van der Waals surface area contributed by atoms with Gasteiger partial charge in [0.2, 0.25) is 5.91 Å². The first-order valence-electron chi connectivity index (χ1n) is 10.6. The highest BCUT2D eigenvalue weighted by atomic mass is 35.5. The zero-order chi connectivity index (χ0) is 21.8. The van der Waals surface area contributed by atoms with Crippen LogP contribution in [0.25, 0.3) is 16.7 Å². The fourth-order valence-corrected chi connectivity index (χ4v) is 4.69. The van der Waals surface area contributed by atoms with Crippen LogP contribution in [0.5, 0.6) is 0 Å². The number of rotatable bonds is 4. The van der Waals surface area contributed by atoms with E-state index in [2.05, 4.69) is 4.98 Å². The Morgan fingerprint density at radius 1 is 1.16 bits per heavy atom. The molecule has 1 aliphatic carbocycles. The number of likely N-dealkylation sites (tertiary alicyclic amines) is 1. The average Bonchev–Trinajstić information content (AvgIpc) is 3.42. The lowest BCUT2D eigenvalue weighted by atomic mass is 9.90. The number of nitrogens with zero attached hydrogens (tertiary/aromatic N) is 4. The third kappa shape index (κ3) is 3.55. The van der Waals surface area contributed by atoms with Crippen LogP contribution in [0, 0.1) is 5.41 Å². The molecular formula is C23H25ClN4O3. The smallest absolute Gasteiger partial charge is 0.262 e. The van der Waals surface area contributed by atoms with Crippen LogP contribution in [0.4, 0.5) is 0 Å². The van der Waals surface area contributed by atoms with Crippen LogP contribution >= 0.6 is 11.6 Å². The molecule has 2 fully saturated rings. The van der Waals surface area contributed by atoms with Crippen molar-refractivity contribution in [2.24, 2.45) is 5.41 Å². The molecular weight excluding hydrogens is 416 g/mol. The molecule has 1 amide bonds. The molecule has 8 heteroatoms. The third-order valence-electron chi connectivity index (χ3n) is 6.72. The van der Waals surface area contributed by atoms with Gasteiger partial charge in [-0.1, -0.05) is 36.7 Å². The second-order valence-corrected chi connectivity index (χ2v) is 9.52. The van der Waals surface area contributed by atoms with E-state index < -0.39 is 5.60 Å². The quantitative estimate of drug-likeness (QED) is 0.676. The van der Waals surface area contributed by atoms with Crippen molar-refractivity contribution < 1.29 is 9.90 Å². The Kier molecular flexibility index (Phi) is 4.71. The van der Waals surface area contributed by atoms with Gasteiger partial charge in [0.05, 0.1) is 17.5 Å². The van der Waals surface area contributed by atoms with E-state index in [-0.39, 0.29) is 23.4 Å². The SMILES string of the molecule is CC1(C(=O)N2CCC(O)(Cn3cnc4c(cc(Cl)n4-c4ccccc4)c3=O)CC2)CC1. The normalized spacial score (nSPS) is 19.5. The molecule has 162 valence electrons. The second-order valence-electron chi connectivity index (χ2n) is 9.13. The van der Waals surface area contributed by atoms with Crippen molar-refractivity contribution >= 4 is 28.5 Å². The zero-order valence-electron chi connectivity index (χ0n) is 17.4. The Bertz CT molecular complexity index is 1200. The molecule has 7 nitrogen and oxygen atoms in total.